The minimum absolute atomic E-state index is 0.309. The molecule has 62 heavy (non-hydrogen) atoms. The van der Waals surface area contributed by atoms with E-state index in [1.807, 2.05) is 72.8 Å². The molecule has 0 radical (unpaired) electrons. The van der Waals surface area contributed by atoms with E-state index in [-0.39, 0.29) is 0 Å². The molecule has 6 nitrogen and oxygen atoms in total. The smallest absolute Gasteiger partial charge is 0.284 e. The largest absolute Gasteiger partial charge is 0.431 e. The standard InChI is InChI=1S/C56H30N4O2/c57-31-33-21-25-35(26-22-33)51-37-11-1-5-15-41(37)53(42-16-6-2-12-38(42)51)45-29-49-50(62-56-55(61-49)59-47-19-9-10-20-48(47)60-56)30-46(45)54-43-17-7-3-13-39(43)52(40-14-4-8-18-44(40)54)36-27-23-34(32-58)24-28-36/h1-30H. The van der Waals surface area contributed by atoms with Crippen LogP contribution >= 0.6 is 0 Å². The Balaban J connectivity index is 1.21. The molecule has 1 aromatic heterocycles. The lowest BCUT2D eigenvalue weighted by Gasteiger charge is -2.25. The topological polar surface area (TPSA) is 91.8 Å². The second-order valence-corrected chi connectivity index (χ2v) is 15.4. The van der Waals surface area contributed by atoms with Crippen molar-refractivity contribution >= 4 is 54.1 Å². The van der Waals surface area contributed by atoms with Gasteiger partial charge in [0.15, 0.2) is 11.5 Å². The average molecular weight is 791 g/mol. The van der Waals surface area contributed by atoms with Gasteiger partial charge in [0.25, 0.3) is 11.8 Å². The van der Waals surface area contributed by atoms with Gasteiger partial charge in [-0.2, -0.15) is 10.5 Å². The molecule has 2 heterocycles. The zero-order valence-corrected chi connectivity index (χ0v) is 32.9. The average Bonchev–Trinajstić information content (AvgIpc) is 3.33. The normalized spacial score (nSPS) is 11.8. The van der Waals surface area contributed by atoms with Crippen molar-refractivity contribution in [2.75, 3.05) is 0 Å². The second-order valence-electron chi connectivity index (χ2n) is 15.4. The van der Waals surface area contributed by atoms with Gasteiger partial charge in [0.2, 0.25) is 0 Å². The van der Waals surface area contributed by atoms with E-state index in [1.165, 1.54) is 0 Å². The minimum Gasteiger partial charge on any atom is -0.431 e. The van der Waals surface area contributed by atoms with E-state index in [0.29, 0.717) is 45.4 Å². The molecule has 0 atom stereocenters. The van der Waals surface area contributed by atoms with Gasteiger partial charge in [0.05, 0.1) is 34.3 Å². The van der Waals surface area contributed by atoms with Crippen molar-refractivity contribution in [3.8, 4) is 79.9 Å². The van der Waals surface area contributed by atoms with Gasteiger partial charge in [-0.3, -0.25) is 0 Å². The molecular weight excluding hydrogens is 761 g/mol. The third-order valence-corrected chi connectivity index (χ3v) is 12.0. The Morgan fingerprint density at radius 1 is 0.339 bits per heavy atom. The van der Waals surface area contributed by atoms with Crippen LogP contribution in [-0.2, 0) is 0 Å². The summed E-state index contributed by atoms with van der Waals surface area (Å²) in [6, 6.07) is 66.4. The Kier molecular flexibility index (Phi) is 7.87. The van der Waals surface area contributed by atoms with Crippen LogP contribution in [0.15, 0.2) is 182 Å². The highest BCUT2D eigenvalue weighted by Gasteiger charge is 2.29. The van der Waals surface area contributed by atoms with Crippen molar-refractivity contribution in [2.24, 2.45) is 0 Å². The van der Waals surface area contributed by atoms with E-state index >= 15 is 0 Å². The predicted octanol–water partition coefficient (Wildman–Crippen LogP) is 14.6. The third-order valence-electron chi connectivity index (χ3n) is 12.0. The summed E-state index contributed by atoms with van der Waals surface area (Å²) in [6.07, 6.45) is 0. The fourth-order valence-corrected chi connectivity index (χ4v) is 9.32. The van der Waals surface area contributed by atoms with Gasteiger partial charge in [-0.1, -0.05) is 133 Å². The lowest BCUT2D eigenvalue weighted by molar-refractivity contribution is 0.339. The number of hydrogen-bond acceptors (Lipinski definition) is 6. The highest BCUT2D eigenvalue weighted by Crippen LogP contribution is 2.54. The van der Waals surface area contributed by atoms with Gasteiger partial charge >= 0.3 is 0 Å². The minimum atomic E-state index is 0.309. The first kappa shape index (κ1) is 35.1. The molecule has 0 amide bonds. The molecule has 0 bridgehead atoms. The van der Waals surface area contributed by atoms with Crippen molar-refractivity contribution in [2.45, 2.75) is 0 Å². The van der Waals surface area contributed by atoms with Crippen LogP contribution in [0.1, 0.15) is 11.1 Å². The van der Waals surface area contributed by atoms with E-state index in [9.17, 15) is 10.5 Å². The quantitative estimate of drug-likeness (QED) is 0.165. The van der Waals surface area contributed by atoms with Crippen molar-refractivity contribution in [1.29, 1.82) is 10.5 Å². The molecule has 6 heteroatoms. The highest BCUT2D eigenvalue weighted by molar-refractivity contribution is 6.26. The van der Waals surface area contributed by atoms with Crippen LogP contribution in [0, 0.1) is 22.7 Å². The van der Waals surface area contributed by atoms with Gasteiger partial charge in [0, 0.05) is 0 Å². The molecule has 0 unspecified atom stereocenters. The molecule has 1 aliphatic heterocycles. The van der Waals surface area contributed by atoms with Crippen molar-refractivity contribution in [1.82, 2.24) is 9.97 Å². The lowest BCUT2D eigenvalue weighted by Crippen LogP contribution is -2.05. The Morgan fingerprint density at radius 3 is 0.935 bits per heavy atom. The zero-order valence-electron chi connectivity index (χ0n) is 32.9. The number of para-hydroxylation sites is 2. The van der Waals surface area contributed by atoms with Crippen LogP contribution in [-0.4, -0.2) is 9.97 Å². The molecule has 0 saturated heterocycles. The maximum atomic E-state index is 9.65. The number of hydrogen-bond donors (Lipinski definition) is 0. The summed E-state index contributed by atoms with van der Waals surface area (Å²) in [5.41, 5.74) is 10.9. The number of nitrogens with zero attached hydrogens (tertiary/aromatic N) is 4. The summed E-state index contributed by atoms with van der Waals surface area (Å²) in [5.74, 6) is 1.69. The molecule has 12 rings (SSSR count). The fraction of sp³-hybridized carbons (Fsp3) is 0. The maximum Gasteiger partial charge on any atom is 0.284 e. The Morgan fingerprint density at radius 2 is 0.629 bits per heavy atom. The van der Waals surface area contributed by atoms with Crippen LogP contribution in [0.25, 0.3) is 98.6 Å². The van der Waals surface area contributed by atoms with Crippen molar-refractivity contribution in [3.05, 3.63) is 193 Å². The molecule has 286 valence electrons. The van der Waals surface area contributed by atoms with E-state index < -0.39 is 0 Å². The van der Waals surface area contributed by atoms with Crippen LogP contribution in [0.3, 0.4) is 0 Å². The molecule has 11 aromatic rings. The van der Waals surface area contributed by atoms with Gasteiger partial charge < -0.3 is 9.47 Å². The first-order valence-corrected chi connectivity index (χ1v) is 20.3. The van der Waals surface area contributed by atoms with Crippen LogP contribution < -0.4 is 9.47 Å². The number of aromatic nitrogens is 2. The summed E-state index contributed by atoms with van der Waals surface area (Å²) >= 11 is 0. The van der Waals surface area contributed by atoms with Crippen LogP contribution in [0.2, 0.25) is 0 Å². The number of fused-ring (bicyclic) bond motifs is 7. The monoisotopic (exact) mass is 790 g/mol. The molecule has 0 fully saturated rings. The number of nitriles is 2. The van der Waals surface area contributed by atoms with E-state index in [2.05, 4.69) is 121 Å². The first-order valence-electron chi connectivity index (χ1n) is 20.3. The van der Waals surface area contributed by atoms with Gasteiger partial charge in [-0.25, -0.2) is 9.97 Å². The summed E-state index contributed by atoms with van der Waals surface area (Å²) in [4.78, 5) is 9.68. The number of ether oxygens (including phenoxy) is 2. The molecule has 10 aromatic carbocycles. The molecule has 0 aliphatic carbocycles. The molecule has 1 aliphatic rings. The van der Waals surface area contributed by atoms with Gasteiger partial charge in [-0.15, -0.1) is 0 Å². The third kappa shape index (κ3) is 5.42. The van der Waals surface area contributed by atoms with Crippen LogP contribution in [0.5, 0.6) is 23.3 Å². The highest BCUT2D eigenvalue weighted by atomic mass is 16.6. The predicted molar refractivity (Wildman–Crippen MR) is 247 cm³/mol. The Bertz CT molecular complexity index is 3410. The van der Waals surface area contributed by atoms with Crippen LogP contribution in [0.4, 0.5) is 0 Å². The molecule has 0 N–H and O–H groups in total. The Labute approximate surface area is 355 Å². The number of benzene rings is 10. The summed E-state index contributed by atoms with van der Waals surface area (Å²) in [7, 11) is 0. The Hall–Kier alpha value is -8.84. The van der Waals surface area contributed by atoms with Crippen molar-refractivity contribution in [3.63, 3.8) is 0 Å². The summed E-state index contributed by atoms with van der Waals surface area (Å²) in [6.45, 7) is 0. The van der Waals surface area contributed by atoms with Gasteiger partial charge in [-0.05, 0) is 136 Å². The van der Waals surface area contributed by atoms with Crippen molar-refractivity contribution < 1.29 is 9.47 Å². The molecular formula is C56H30N4O2. The fourth-order valence-electron chi connectivity index (χ4n) is 9.32. The SMILES string of the molecule is N#Cc1ccc(-c2c3ccccc3c(-c3cc4c(cc3-c3c5ccccc5c(-c5ccc(C#N)cc5)c5ccccc35)Oc3nc5ccccc5nc3O4)c3ccccc23)cc1. The zero-order chi connectivity index (χ0) is 41.3. The molecule has 0 saturated carbocycles. The van der Waals surface area contributed by atoms with E-state index in [4.69, 9.17) is 19.4 Å². The molecule has 0 spiro atoms. The summed E-state index contributed by atoms with van der Waals surface area (Å²) in [5, 5.41) is 27.9. The van der Waals surface area contributed by atoms with Gasteiger partial charge in [0.1, 0.15) is 0 Å². The van der Waals surface area contributed by atoms with E-state index in [0.717, 1.165) is 87.6 Å². The number of rotatable bonds is 4. The summed E-state index contributed by atoms with van der Waals surface area (Å²) < 4.78 is 13.4. The van der Waals surface area contributed by atoms with E-state index in [1.54, 1.807) is 0 Å². The second kappa shape index (κ2) is 13.9. The lowest BCUT2D eigenvalue weighted by atomic mass is 9.80. The maximum absolute atomic E-state index is 9.65. The first-order chi connectivity index (χ1) is 30.6.